The minimum Gasteiger partial charge on any atom is -0.385 e. The van der Waals surface area contributed by atoms with Gasteiger partial charge in [0.2, 0.25) is 0 Å². The summed E-state index contributed by atoms with van der Waals surface area (Å²) in [5, 5.41) is 3.04. The summed E-state index contributed by atoms with van der Waals surface area (Å²) >= 11 is 0. The van der Waals surface area contributed by atoms with E-state index in [9.17, 15) is 8.42 Å². The van der Waals surface area contributed by atoms with Crippen molar-refractivity contribution >= 4 is 9.84 Å². The monoisotopic (exact) mass is 249 g/mol. The van der Waals surface area contributed by atoms with E-state index in [1.165, 1.54) is 0 Å². The molecular formula is C11H23NO3S. The molecular weight excluding hydrogens is 226 g/mol. The summed E-state index contributed by atoms with van der Waals surface area (Å²) in [5.41, 5.74) is 0. The van der Waals surface area contributed by atoms with E-state index in [0.717, 1.165) is 25.7 Å². The van der Waals surface area contributed by atoms with Crippen LogP contribution in [0.5, 0.6) is 0 Å². The van der Waals surface area contributed by atoms with Gasteiger partial charge in [-0.05, 0) is 32.7 Å². The Morgan fingerprint density at radius 2 is 2.12 bits per heavy atom. The van der Waals surface area contributed by atoms with Gasteiger partial charge >= 0.3 is 0 Å². The second kappa shape index (κ2) is 6.57. The average molecular weight is 249 g/mol. The lowest BCUT2D eigenvalue weighted by Crippen LogP contribution is -2.38. The molecule has 0 bridgehead atoms. The molecule has 1 fully saturated rings. The van der Waals surface area contributed by atoms with E-state index in [4.69, 9.17) is 4.74 Å². The molecule has 0 aromatic heterocycles. The fraction of sp³-hybridized carbons (Fsp3) is 1.00. The molecule has 1 aliphatic rings. The SMILES string of the molecule is CNC1CCCC(S(=O)(=O)CCCOC)C1. The number of ether oxygens (including phenoxy) is 1. The maximum atomic E-state index is 12.0. The summed E-state index contributed by atoms with van der Waals surface area (Å²) in [6.45, 7) is 0.529. The molecule has 96 valence electrons. The molecule has 0 heterocycles. The molecule has 0 spiro atoms. The third-order valence-corrected chi connectivity index (χ3v) is 5.62. The molecule has 16 heavy (non-hydrogen) atoms. The molecule has 2 atom stereocenters. The number of sulfone groups is 1. The molecule has 0 saturated heterocycles. The Kier molecular flexibility index (Phi) is 5.72. The first kappa shape index (κ1) is 13.9. The van der Waals surface area contributed by atoms with E-state index in [-0.39, 0.29) is 11.0 Å². The third kappa shape index (κ3) is 4.03. The highest BCUT2D eigenvalue weighted by molar-refractivity contribution is 7.92. The summed E-state index contributed by atoms with van der Waals surface area (Å²) in [6, 6.07) is 0.371. The van der Waals surface area contributed by atoms with Crippen molar-refractivity contribution in [2.75, 3.05) is 26.5 Å². The van der Waals surface area contributed by atoms with E-state index >= 15 is 0 Å². The molecule has 0 aromatic rings. The van der Waals surface area contributed by atoms with Gasteiger partial charge in [-0.3, -0.25) is 0 Å². The van der Waals surface area contributed by atoms with E-state index < -0.39 is 9.84 Å². The summed E-state index contributed by atoms with van der Waals surface area (Å²) in [6.07, 6.45) is 4.32. The normalized spacial score (nSPS) is 26.9. The highest BCUT2D eigenvalue weighted by atomic mass is 32.2. The van der Waals surface area contributed by atoms with Gasteiger partial charge in [0.1, 0.15) is 0 Å². The van der Waals surface area contributed by atoms with E-state index in [1.807, 2.05) is 7.05 Å². The summed E-state index contributed by atoms with van der Waals surface area (Å²) in [5.74, 6) is 0.266. The summed E-state index contributed by atoms with van der Waals surface area (Å²) < 4.78 is 29.0. The van der Waals surface area contributed by atoms with Crippen molar-refractivity contribution in [1.29, 1.82) is 0 Å². The lowest BCUT2D eigenvalue weighted by Gasteiger charge is -2.28. The van der Waals surface area contributed by atoms with Crippen LogP contribution in [0, 0.1) is 0 Å². The standard InChI is InChI=1S/C11H23NO3S/c1-12-10-5-3-6-11(9-10)16(13,14)8-4-7-15-2/h10-12H,3-9H2,1-2H3. The number of nitrogens with one attached hydrogen (secondary N) is 1. The molecule has 5 heteroatoms. The molecule has 1 saturated carbocycles. The van der Waals surface area contributed by atoms with Crippen LogP contribution in [0.3, 0.4) is 0 Å². The lowest BCUT2D eigenvalue weighted by molar-refractivity contribution is 0.199. The Morgan fingerprint density at radius 3 is 2.75 bits per heavy atom. The van der Waals surface area contributed by atoms with E-state index in [2.05, 4.69) is 5.32 Å². The molecule has 1 aliphatic carbocycles. The van der Waals surface area contributed by atoms with Crippen molar-refractivity contribution in [3.63, 3.8) is 0 Å². The Hall–Kier alpha value is -0.130. The zero-order valence-corrected chi connectivity index (χ0v) is 11.1. The molecule has 2 unspecified atom stereocenters. The molecule has 1 N–H and O–H groups in total. The van der Waals surface area contributed by atoms with Crippen LogP contribution in [0.1, 0.15) is 32.1 Å². The first-order valence-electron chi connectivity index (χ1n) is 5.98. The van der Waals surface area contributed by atoms with Crippen molar-refractivity contribution in [3.05, 3.63) is 0 Å². The van der Waals surface area contributed by atoms with Gasteiger partial charge in [0, 0.05) is 19.8 Å². The largest absolute Gasteiger partial charge is 0.385 e. The predicted molar refractivity (Wildman–Crippen MR) is 65.4 cm³/mol. The quantitative estimate of drug-likeness (QED) is 0.713. The Balaban J connectivity index is 2.47. The molecule has 4 nitrogen and oxygen atoms in total. The molecule has 0 aromatic carbocycles. The van der Waals surface area contributed by atoms with Gasteiger partial charge in [0.25, 0.3) is 0 Å². The number of rotatable bonds is 6. The van der Waals surface area contributed by atoms with Crippen LogP contribution in [0.15, 0.2) is 0 Å². The van der Waals surface area contributed by atoms with Crippen LogP contribution in [0.2, 0.25) is 0 Å². The number of hydrogen-bond acceptors (Lipinski definition) is 4. The average Bonchev–Trinajstić information content (AvgIpc) is 2.29. The summed E-state index contributed by atoms with van der Waals surface area (Å²) in [4.78, 5) is 0. The van der Waals surface area contributed by atoms with Crippen LogP contribution in [-0.2, 0) is 14.6 Å². The maximum Gasteiger partial charge on any atom is 0.153 e. The highest BCUT2D eigenvalue weighted by Gasteiger charge is 2.30. The van der Waals surface area contributed by atoms with Crippen molar-refractivity contribution in [2.45, 2.75) is 43.4 Å². The van der Waals surface area contributed by atoms with Gasteiger partial charge in [-0.2, -0.15) is 0 Å². The van der Waals surface area contributed by atoms with Crippen LogP contribution < -0.4 is 5.32 Å². The lowest BCUT2D eigenvalue weighted by atomic mass is 9.95. The van der Waals surface area contributed by atoms with Gasteiger partial charge in [0.15, 0.2) is 9.84 Å². The maximum absolute atomic E-state index is 12.0. The molecule has 0 aliphatic heterocycles. The van der Waals surface area contributed by atoms with Crippen molar-refractivity contribution in [2.24, 2.45) is 0 Å². The zero-order chi connectivity index (χ0) is 12.0. The first-order chi connectivity index (χ1) is 7.60. The highest BCUT2D eigenvalue weighted by Crippen LogP contribution is 2.25. The van der Waals surface area contributed by atoms with E-state index in [0.29, 0.717) is 19.1 Å². The second-order valence-electron chi connectivity index (χ2n) is 4.49. The van der Waals surface area contributed by atoms with Crippen LogP contribution in [0.25, 0.3) is 0 Å². The molecule has 1 rings (SSSR count). The third-order valence-electron chi connectivity index (χ3n) is 3.32. The summed E-state index contributed by atoms with van der Waals surface area (Å²) in [7, 11) is 0.590. The Bertz CT molecular complexity index is 290. The van der Waals surface area contributed by atoms with Gasteiger partial charge in [0.05, 0.1) is 11.0 Å². The number of hydrogen-bond donors (Lipinski definition) is 1. The topological polar surface area (TPSA) is 55.4 Å². The number of methoxy groups -OCH3 is 1. The Labute approximate surface area is 98.7 Å². The molecule has 0 amide bonds. The van der Waals surface area contributed by atoms with Crippen LogP contribution in [-0.4, -0.2) is 46.2 Å². The zero-order valence-electron chi connectivity index (χ0n) is 10.2. The minimum absolute atomic E-state index is 0.143. The van der Waals surface area contributed by atoms with Gasteiger partial charge in [-0.25, -0.2) is 8.42 Å². The molecule has 0 radical (unpaired) electrons. The van der Waals surface area contributed by atoms with Crippen molar-refractivity contribution in [1.82, 2.24) is 5.32 Å². The van der Waals surface area contributed by atoms with Crippen LogP contribution in [0.4, 0.5) is 0 Å². The minimum atomic E-state index is -2.92. The Morgan fingerprint density at radius 1 is 1.38 bits per heavy atom. The van der Waals surface area contributed by atoms with Crippen LogP contribution >= 0.6 is 0 Å². The van der Waals surface area contributed by atoms with Gasteiger partial charge < -0.3 is 10.1 Å². The fourth-order valence-electron chi connectivity index (χ4n) is 2.30. The van der Waals surface area contributed by atoms with Gasteiger partial charge in [-0.1, -0.05) is 6.42 Å². The fourth-order valence-corrected chi connectivity index (χ4v) is 4.21. The second-order valence-corrected chi connectivity index (χ2v) is 6.89. The van der Waals surface area contributed by atoms with Crippen molar-refractivity contribution in [3.8, 4) is 0 Å². The van der Waals surface area contributed by atoms with Crippen molar-refractivity contribution < 1.29 is 13.2 Å². The van der Waals surface area contributed by atoms with Gasteiger partial charge in [-0.15, -0.1) is 0 Å². The van der Waals surface area contributed by atoms with E-state index in [1.54, 1.807) is 7.11 Å². The smallest absolute Gasteiger partial charge is 0.153 e. The first-order valence-corrected chi connectivity index (χ1v) is 7.69. The predicted octanol–water partition coefficient (Wildman–Crippen LogP) is 0.968.